The number of benzene rings is 2. The molecule has 0 saturated carbocycles. The van der Waals surface area contributed by atoms with E-state index < -0.39 is 12.1 Å². The number of aromatic nitrogens is 2. The molecule has 0 aliphatic carbocycles. The third-order valence-corrected chi connectivity index (χ3v) is 3.23. The molecule has 0 fully saturated rings. The lowest BCUT2D eigenvalue weighted by Crippen LogP contribution is -2.26. The molecule has 0 aliphatic rings. The van der Waals surface area contributed by atoms with Gasteiger partial charge in [0.05, 0.1) is 23.9 Å². The number of esters is 1. The molecule has 0 bridgehead atoms. The molecule has 1 amide bonds. The number of para-hydroxylation sites is 1. The number of hydrogen-bond acceptors (Lipinski definition) is 5. The van der Waals surface area contributed by atoms with E-state index in [-0.39, 0.29) is 6.61 Å². The van der Waals surface area contributed by atoms with E-state index in [1.807, 2.05) is 6.07 Å². The van der Waals surface area contributed by atoms with Gasteiger partial charge < -0.3 is 9.47 Å². The molecule has 7 heteroatoms. The summed E-state index contributed by atoms with van der Waals surface area (Å²) < 4.78 is 10.1. The van der Waals surface area contributed by atoms with Gasteiger partial charge in [-0.1, -0.05) is 24.3 Å². The van der Waals surface area contributed by atoms with E-state index in [2.05, 4.69) is 10.5 Å². The highest BCUT2D eigenvalue weighted by Gasteiger charge is 2.12. The van der Waals surface area contributed by atoms with Crippen LogP contribution in [0.25, 0.3) is 10.9 Å². The van der Waals surface area contributed by atoms with Gasteiger partial charge in [0.2, 0.25) is 0 Å². The smallest absolute Gasteiger partial charge is 0.433 e. The van der Waals surface area contributed by atoms with Crippen molar-refractivity contribution >= 4 is 23.0 Å². The zero-order valence-corrected chi connectivity index (χ0v) is 12.9. The van der Waals surface area contributed by atoms with Crippen LogP contribution < -0.4 is 10.2 Å². The van der Waals surface area contributed by atoms with E-state index in [4.69, 9.17) is 9.47 Å². The van der Waals surface area contributed by atoms with E-state index in [9.17, 15) is 9.59 Å². The van der Waals surface area contributed by atoms with E-state index in [1.165, 1.54) is 4.79 Å². The van der Waals surface area contributed by atoms with Gasteiger partial charge in [-0.15, -0.1) is 0 Å². The van der Waals surface area contributed by atoms with Crippen molar-refractivity contribution in [2.75, 3.05) is 12.0 Å². The summed E-state index contributed by atoms with van der Waals surface area (Å²) >= 11 is 0. The van der Waals surface area contributed by atoms with Crippen LogP contribution in [-0.2, 0) is 4.74 Å². The van der Waals surface area contributed by atoms with Gasteiger partial charge in [0, 0.05) is 5.39 Å². The van der Waals surface area contributed by atoms with E-state index >= 15 is 0 Å². The summed E-state index contributed by atoms with van der Waals surface area (Å²) in [6.07, 6.45) is 0.889. The predicted molar refractivity (Wildman–Crippen MR) is 87.5 cm³/mol. The predicted octanol–water partition coefficient (Wildman–Crippen LogP) is 2.96. The Kier molecular flexibility index (Phi) is 4.42. The summed E-state index contributed by atoms with van der Waals surface area (Å²) in [7, 11) is 0. The molecule has 2 aromatic carbocycles. The first kappa shape index (κ1) is 15.5. The highest BCUT2D eigenvalue weighted by molar-refractivity contribution is 5.94. The number of nitrogens with zero attached hydrogens (tertiary/aromatic N) is 2. The number of amides is 1. The maximum Gasteiger partial charge on any atom is 0.433 e. The summed E-state index contributed by atoms with van der Waals surface area (Å²) in [6, 6.07) is 13.7. The molecule has 0 atom stereocenters. The fourth-order valence-electron chi connectivity index (χ4n) is 2.15. The largest absolute Gasteiger partial charge is 0.462 e. The molecule has 1 aromatic heterocycles. The lowest BCUT2D eigenvalue weighted by Gasteiger charge is -2.08. The van der Waals surface area contributed by atoms with Gasteiger partial charge in [-0.05, 0) is 31.2 Å². The molecular weight excluding hydrogens is 310 g/mol. The quantitative estimate of drug-likeness (QED) is 0.746. The van der Waals surface area contributed by atoms with Gasteiger partial charge in [-0.25, -0.2) is 15.0 Å². The van der Waals surface area contributed by atoms with Crippen LogP contribution in [0.5, 0.6) is 5.75 Å². The topological polar surface area (TPSA) is 82.5 Å². The third kappa shape index (κ3) is 3.35. The molecule has 3 aromatic rings. The first-order valence-electron chi connectivity index (χ1n) is 7.36. The van der Waals surface area contributed by atoms with E-state index in [0.717, 1.165) is 5.39 Å². The molecular formula is C17H15N3O4. The monoisotopic (exact) mass is 325 g/mol. The Balaban J connectivity index is 1.80. The lowest BCUT2D eigenvalue weighted by molar-refractivity contribution is 0.0526. The number of ether oxygens (including phenoxy) is 2. The summed E-state index contributed by atoms with van der Waals surface area (Å²) in [5.41, 5.74) is 3.44. The van der Waals surface area contributed by atoms with Gasteiger partial charge in [0.15, 0.2) is 0 Å². The van der Waals surface area contributed by atoms with Crippen LogP contribution in [0, 0.1) is 0 Å². The van der Waals surface area contributed by atoms with Crippen molar-refractivity contribution in [2.24, 2.45) is 0 Å². The Labute approximate surface area is 137 Å². The fourth-order valence-corrected chi connectivity index (χ4v) is 2.15. The average Bonchev–Trinajstić information content (AvgIpc) is 2.98. The van der Waals surface area contributed by atoms with Crippen LogP contribution in [0.2, 0.25) is 0 Å². The molecule has 0 spiro atoms. The first-order valence-corrected chi connectivity index (χ1v) is 7.36. The van der Waals surface area contributed by atoms with Crippen molar-refractivity contribution in [2.45, 2.75) is 6.92 Å². The zero-order valence-electron chi connectivity index (χ0n) is 12.9. The Bertz CT molecular complexity index is 874. The standard InChI is InChI=1S/C17H15N3O4/c1-2-23-16(21)12-8-9-13-11-18-20(15(13)10-12)19-17(22)24-14-6-4-3-5-7-14/h3-11H,2H2,1H3,(H,19,22). The van der Waals surface area contributed by atoms with Crippen molar-refractivity contribution in [3.63, 3.8) is 0 Å². The van der Waals surface area contributed by atoms with Gasteiger partial charge in [0.1, 0.15) is 5.75 Å². The number of fused-ring (bicyclic) bond motifs is 1. The SMILES string of the molecule is CCOC(=O)c1ccc2cnn(NC(=O)Oc3ccccc3)c2c1. The highest BCUT2D eigenvalue weighted by atomic mass is 16.6. The van der Waals surface area contributed by atoms with Gasteiger partial charge in [-0.2, -0.15) is 9.89 Å². The van der Waals surface area contributed by atoms with Crippen molar-refractivity contribution in [1.29, 1.82) is 0 Å². The van der Waals surface area contributed by atoms with Crippen LogP contribution in [0.3, 0.4) is 0 Å². The van der Waals surface area contributed by atoms with Crippen LogP contribution in [0.1, 0.15) is 17.3 Å². The third-order valence-electron chi connectivity index (χ3n) is 3.23. The number of rotatable bonds is 4. The molecule has 24 heavy (non-hydrogen) atoms. The number of nitrogens with one attached hydrogen (secondary N) is 1. The van der Waals surface area contributed by atoms with Crippen molar-refractivity contribution in [3.8, 4) is 5.75 Å². The molecule has 122 valence electrons. The maximum atomic E-state index is 12.0. The lowest BCUT2D eigenvalue weighted by atomic mass is 10.2. The van der Waals surface area contributed by atoms with Crippen LogP contribution >= 0.6 is 0 Å². The van der Waals surface area contributed by atoms with E-state index in [1.54, 1.807) is 55.6 Å². The minimum atomic E-state index is -0.687. The second-order valence-corrected chi connectivity index (χ2v) is 4.86. The number of hydrogen-bond donors (Lipinski definition) is 1. The molecule has 0 unspecified atom stereocenters. The van der Waals surface area contributed by atoms with Crippen molar-refractivity contribution in [1.82, 2.24) is 9.89 Å². The number of carbonyl (C=O) groups is 2. The normalized spacial score (nSPS) is 10.4. The van der Waals surface area contributed by atoms with Gasteiger partial charge in [-0.3, -0.25) is 0 Å². The highest BCUT2D eigenvalue weighted by Crippen LogP contribution is 2.16. The molecule has 7 nitrogen and oxygen atoms in total. The molecule has 3 rings (SSSR count). The van der Waals surface area contributed by atoms with Gasteiger partial charge >= 0.3 is 12.1 Å². The average molecular weight is 325 g/mol. The molecule has 0 aliphatic heterocycles. The summed E-state index contributed by atoms with van der Waals surface area (Å²) in [5, 5.41) is 4.84. The summed E-state index contributed by atoms with van der Waals surface area (Å²) in [5.74, 6) is -0.0160. The Morgan fingerprint density at radius 2 is 1.96 bits per heavy atom. The minimum absolute atomic E-state index is 0.289. The second kappa shape index (κ2) is 6.82. The van der Waals surface area contributed by atoms with Crippen LogP contribution in [0.4, 0.5) is 4.79 Å². The summed E-state index contributed by atoms with van der Waals surface area (Å²) in [6.45, 7) is 2.03. The van der Waals surface area contributed by atoms with Crippen LogP contribution in [-0.4, -0.2) is 28.6 Å². The molecule has 0 saturated heterocycles. The first-order chi connectivity index (χ1) is 11.7. The fraction of sp³-hybridized carbons (Fsp3) is 0.118. The zero-order chi connectivity index (χ0) is 16.9. The van der Waals surface area contributed by atoms with Crippen molar-refractivity contribution < 1.29 is 19.1 Å². The van der Waals surface area contributed by atoms with Gasteiger partial charge in [0.25, 0.3) is 0 Å². The minimum Gasteiger partial charge on any atom is -0.462 e. The van der Waals surface area contributed by atoms with Crippen molar-refractivity contribution in [3.05, 3.63) is 60.3 Å². The maximum absolute atomic E-state index is 12.0. The van der Waals surface area contributed by atoms with Crippen LogP contribution in [0.15, 0.2) is 54.7 Å². The Morgan fingerprint density at radius 3 is 2.71 bits per heavy atom. The Morgan fingerprint density at radius 1 is 1.17 bits per heavy atom. The molecule has 0 radical (unpaired) electrons. The molecule has 1 heterocycles. The summed E-state index contributed by atoms with van der Waals surface area (Å²) in [4.78, 5) is 25.0. The number of carbonyl (C=O) groups excluding carboxylic acids is 2. The van der Waals surface area contributed by atoms with E-state index in [0.29, 0.717) is 16.8 Å². The molecule has 1 N–H and O–H groups in total. The Hall–Kier alpha value is -3.35. The second-order valence-electron chi connectivity index (χ2n) is 4.86.